The molecule has 120 valence electrons. The topological polar surface area (TPSA) is 80.0 Å². The van der Waals surface area contributed by atoms with Crippen molar-refractivity contribution in [2.24, 2.45) is 5.92 Å². The minimum absolute atomic E-state index is 0.305. The van der Waals surface area contributed by atoms with Gasteiger partial charge in [-0.15, -0.1) is 10.2 Å². The molecule has 1 aliphatic heterocycles. The average Bonchev–Trinajstić information content (AvgIpc) is 3.24. The van der Waals surface area contributed by atoms with E-state index in [0.29, 0.717) is 17.6 Å². The van der Waals surface area contributed by atoms with Gasteiger partial charge in [-0.05, 0) is 30.9 Å². The fraction of sp³-hybridized carbons (Fsp3) is 0.533. The van der Waals surface area contributed by atoms with Crippen LogP contribution in [0.2, 0.25) is 0 Å². The molecule has 1 aliphatic carbocycles. The second-order valence-electron chi connectivity index (χ2n) is 6.11. The van der Waals surface area contributed by atoms with E-state index in [1.807, 2.05) is 17.0 Å². The molecule has 0 N–H and O–H groups in total. The molecular formula is C15H19N7O. The lowest BCUT2D eigenvalue weighted by atomic mass is 10.2. The van der Waals surface area contributed by atoms with Crippen molar-refractivity contribution >= 4 is 11.7 Å². The normalized spacial score (nSPS) is 18.3. The number of rotatable bonds is 4. The van der Waals surface area contributed by atoms with E-state index < -0.39 is 0 Å². The molecule has 2 aromatic heterocycles. The second kappa shape index (κ2) is 5.94. The van der Waals surface area contributed by atoms with Gasteiger partial charge in [-0.25, -0.2) is 9.67 Å². The number of carbonyl (C=O) groups excluding carboxylic acids is 1. The quantitative estimate of drug-likeness (QED) is 0.818. The Labute approximate surface area is 134 Å². The van der Waals surface area contributed by atoms with Crippen LogP contribution in [0.4, 0.5) is 5.82 Å². The summed E-state index contributed by atoms with van der Waals surface area (Å²) in [6.07, 6.45) is 6.23. The van der Waals surface area contributed by atoms with Crippen LogP contribution in [0.1, 0.15) is 19.3 Å². The van der Waals surface area contributed by atoms with Gasteiger partial charge in [-0.1, -0.05) is 0 Å². The Balaban J connectivity index is 1.35. The van der Waals surface area contributed by atoms with E-state index >= 15 is 0 Å². The van der Waals surface area contributed by atoms with Crippen LogP contribution < -0.4 is 4.90 Å². The first-order chi connectivity index (χ1) is 11.3. The van der Waals surface area contributed by atoms with Gasteiger partial charge < -0.3 is 9.80 Å². The molecule has 3 heterocycles. The van der Waals surface area contributed by atoms with Gasteiger partial charge in [0, 0.05) is 32.6 Å². The van der Waals surface area contributed by atoms with Crippen LogP contribution in [0.15, 0.2) is 24.8 Å². The van der Waals surface area contributed by atoms with Crippen molar-refractivity contribution < 1.29 is 4.79 Å². The zero-order valence-electron chi connectivity index (χ0n) is 12.9. The van der Waals surface area contributed by atoms with Gasteiger partial charge in [0.15, 0.2) is 11.6 Å². The van der Waals surface area contributed by atoms with E-state index in [1.54, 1.807) is 11.0 Å². The minimum atomic E-state index is 0.305. The van der Waals surface area contributed by atoms with Crippen molar-refractivity contribution in [3.63, 3.8) is 0 Å². The minimum Gasteiger partial charge on any atom is -0.352 e. The SMILES string of the molecule is O=C(CC1CC1)N1CCN(c2ccc(-n3cncn3)nn2)CC1. The summed E-state index contributed by atoms with van der Waals surface area (Å²) in [4.78, 5) is 20.2. The number of hydrogen-bond acceptors (Lipinski definition) is 6. The molecule has 23 heavy (non-hydrogen) atoms. The molecule has 4 rings (SSSR count). The first-order valence-electron chi connectivity index (χ1n) is 8.01. The van der Waals surface area contributed by atoms with Crippen molar-refractivity contribution in [2.45, 2.75) is 19.3 Å². The molecular weight excluding hydrogens is 294 g/mol. The Morgan fingerprint density at radius 2 is 1.83 bits per heavy atom. The lowest BCUT2D eigenvalue weighted by molar-refractivity contribution is -0.131. The molecule has 0 spiro atoms. The molecule has 2 aromatic rings. The maximum atomic E-state index is 12.1. The monoisotopic (exact) mass is 313 g/mol. The number of nitrogens with zero attached hydrogens (tertiary/aromatic N) is 7. The molecule has 0 bridgehead atoms. The van der Waals surface area contributed by atoms with Gasteiger partial charge in [0.25, 0.3) is 0 Å². The lowest BCUT2D eigenvalue weighted by Gasteiger charge is -2.35. The Hall–Kier alpha value is -2.51. The van der Waals surface area contributed by atoms with Gasteiger partial charge >= 0.3 is 0 Å². The van der Waals surface area contributed by atoms with Gasteiger partial charge in [0.1, 0.15) is 12.7 Å². The fourth-order valence-electron chi connectivity index (χ4n) is 2.82. The Morgan fingerprint density at radius 3 is 2.43 bits per heavy atom. The predicted octanol–water partition coefficient (Wildman–Crippen LogP) is 0.506. The zero-order valence-corrected chi connectivity index (χ0v) is 12.9. The summed E-state index contributed by atoms with van der Waals surface area (Å²) in [6.45, 7) is 3.12. The highest BCUT2D eigenvalue weighted by Gasteiger charge is 2.28. The summed E-state index contributed by atoms with van der Waals surface area (Å²) in [6, 6.07) is 3.81. The number of anilines is 1. The van der Waals surface area contributed by atoms with E-state index in [1.165, 1.54) is 19.2 Å². The molecule has 0 atom stereocenters. The van der Waals surface area contributed by atoms with Crippen molar-refractivity contribution in [1.82, 2.24) is 29.9 Å². The maximum Gasteiger partial charge on any atom is 0.222 e. The number of hydrogen-bond donors (Lipinski definition) is 0. The first-order valence-corrected chi connectivity index (χ1v) is 8.01. The van der Waals surface area contributed by atoms with Crippen LogP contribution in [0.5, 0.6) is 0 Å². The van der Waals surface area contributed by atoms with E-state index in [0.717, 1.165) is 38.4 Å². The standard InChI is InChI=1S/C15H19N7O/c23-15(9-12-1-2-12)21-7-5-20(6-8-21)13-3-4-14(19-18-13)22-11-16-10-17-22/h3-4,10-12H,1-2,5-9H2. The largest absolute Gasteiger partial charge is 0.352 e. The zero-order chi connectivity index (χ0) is 15.6. The number of carbonyl (C=O) groups is 1. The molecule has 1 amide bonds. The number of piperazine rings is 1. The number of amides is 1. The van der Waals surface area contributed by atoms with E-state index in [2.05, 4.69) is 25.2 Å². The summed E-state index contributed by atoms with van der Waals surface area (Å²) in [5, 5.41) is 12.5. The van der Waals surface area contributed by atoms with Gasteiger partial charge in [-0.2, -0.15) is 5.10 Å². The van der Waals surface area contributed by atoms with Crippen molar-refractivity contribution in [2.75, 3.05) is 31.1 Å². The van der Waals surface area contributed by atoms with Crippen molar-refractivity contribution in [3.8, 4) is 5.82 Å². The highest BCUT2D eigenvalue weighted by Crippen LogP contribution is 2.33. The summed E-state index contributed by atoms with van der Waals surface area (Å²) >= 11 is 0. The van der Waals surface area contributed by atoms with E-state index in [-0.39, 0.29) is 0 Å². The van der Waals surface area contributed by atoms with E-state index in [4.69, 9.17) is 0 Å². The fourth-order valence-corrected chi connectivity index (χ4v) is 2.82. The molecule has 1 saturated heterocycles. The summed E-state index contributed by atoms with van der Waals surface area (Å²) in [5.74, 6) is 2.43. The molecule has 0 unspecified atom stereocenters. The van der Waals surface area contributed by atoms with Gasteiger partial charge in [0.05, 0.1) is 0 Å². The highest BCUT2D eigenvalue weighted by atomic mass is 16.2. The third-order valence-corrected chi connectivity index (χ3v) is 4.41. The van der Waals surface area contributed by atoms with Crippen LogP contribution in [-0.2, 0) is 4.79 Å². The predicted molar refractivity (Wildman–Crippen MR) is 83.1 cm³/mol. The summed E-state index contributed by atoms with van der Waals surface area (Å²) < 4.78 is 1.57. The van der Waals surface area contributed by atoms with Gasteiger partial charge in [0.2, 0.25) is 5.91 Å². The Bertz CT molecular complexity index is 658. The van der Waals surface area contributed by atoms with Crippen molar-refractivity contribution in [1.29, 1.82) is 0 Å². The van der Waals surface area contributed by atoms with E-state index in [9.17, 15) is 4.79 Å². The molecule has 8 heteroatoms. The van der Waals surface area contributed by atoms with Gasteiger partial charge in [-0.3, -0.25) is 4.79 Å². The molecule has 0 radical (unpaired) electrons. The Kier molecular flexibility index (Phi) is 3.64. The van der Waals surface area contributed by atoms with Crippen LogP contribution in [0, 0.1) is 5.92 Å². The number of aromatic nitrogens is 5. The van der Waals surface area contributed by atoms with Crippen LogP contribution in [-0.4, -0.2) is 61.9 Å². The smallest absolute Gasteiger partial charge is 0.222 e. The molecule has 0 aromatic carbocycles. The van der Waals surface area contributed by atoms with Crippen LogP contribution in [0.25, 0.3) is 5.82 Å². The second-order valence-corrected chi connectivity index (χ2v) is 6.11. The third-order valence-electron chi connectivity index (χ3n) is 4.41. The summed E-state index contributed by atoms with van der Waals surface area (Å²) in [7, 11) is 0. The first kappa shape index (κ1) is 14.1. The van der Waals surface area contributed by atoms with Crippen LogP contribution >= 0.6 is 0 Å². The molecule has 2 aliphatic rings. The maximum absolute atomic E-state index is 12.1. The molecule has 8 nitrogen and oxygen atoms in total. The lowest BCUT2D eigenvalue weighted by Crippen LogP contribution is -2.49. The average molecular weight is 313 g/mol. The summed E-state index contributed by atoms with van der Waals surface area (Å²) in [5.41, 5.74) is 0. The van der Waals surface area contributed by atoms with Crippen LogP contribution in [0.3, 0.4) is 0 Å². The van der Waals surface area contributed by atoms with Crippen molar-refractivity contribution in [3.05, 3.63) is 24.8 Å². The highest BCUT2D eigenvalue weighted by molar-refractivity contribution is 5.77. The molecule has 2 fully saturated rings. The Morgan fingerprint density at radius 1 is 1.09 bits per heavy atom. The third kappa shape index (κ3) is 3.15. The molecule has 1 saturated carbocycles.